The lowest BCUT2D eigenvalue weighted by molar-refractivity contribution is 0.539. The lowest BCUT2D eigenvalue weighted by Gasteiger charge is -2.11. The summed E-state index contributed by atoms with van der Waals surface area (Å²) >= 11 is 0. The molecule has 0 amide bonds. The molecule has 0 spiro atoms. The first-order valence-corrected chi connectivity index (χ1v) is 8.42. The highest BCUT2D eigenvalue weighted by Crippen LogP contribution is 2.12. The van der Waals surface area contributed by atoms with Gasteiger partial charge in [-0.3, -0.25) is 0 Å². The van der Waals surface area contributed by atoms with Gasteiger partial charge in [-0.05, 0) is 49.9 Å². The van der Waals surface area contributed by atoms with Crippen molar-refractivity contribution in [3.05, 3.63) is 29.8 Å². The van der Waals surface area contributed by atoms with Crippen molar-refractivity contribution in [2.75, 3.05) is 13.1 Å². The van der Waals surface area contributed by atoms with Crippen LogP contribution in [0.2, 0.25) is 0 Å². The number of hydrogen-bond donors (Lipinski definition) is 2. The molecule has 1 aromatic rings. The molecule has 0 bridgehead atoms. The Morgan fingerprint density at radius 1 is 1.32 bits per heavy atom. The third kappa shape index (κ3) is 4.03. The highest BCUT2D eigenvalue weighted by Gasteiger charge is 2.16. The molecule has 106 valence electrons. The van der Waals surface area contributed by atoms with E-state index >= 15 is 0 Å². The van der Waals surface area contributed by atoms with E-state index in [2.05, 4.69) is 17.0 Å². The molecule has 0 radical (unpaired) electrons. The number of rotatable bonds is 6. The van der Waals surface area contributed by atoms with Gasteiger partial charge in [0.2, 0.25) is 10.0 Å². The van der Waals surface area contributed by atoms with Gasteiger partial charge in [0.15, 0.2) is 0 Å². The number of sulfonamides is 1. The summed E-state index contributed by atoms with van der Waals surface area (Å²) in [6.07, 6.45) is 4.11. The standard InChI is InChI=1S/C14H22N2O2S/c1-2-12-5-7-14(8-6-12)19(17,18)16-11-9-13-4-3-10-15-13/h5-8,13,15-16H,2-4,9-11H2,1H3/t13-/m1/s1. The van der Waals surface area contributed by atoms with E-state index in [4.69, 9.17) is 0 Å². The summed E-state index contributed by atoms with van der Waals surface area (Å²) < 4.78 is 26.8. The Hall–Kier alpha value is -0.910. The lowest BCUT2D eigenvalue weighted by atomic mass is 10.2. The molecule has 5 heteroatoms. The molecule has 4 nitrogen and oxygen atoms in total. The van der Waals surface area contributed by atoms with Crippen molar-refractivity contribution in [3.8, 4) is 0 Å². The van der Waals surface area contributed by atoms with Gasteiger partial charge in [-0.2, -0.15) is 0 Å². The van der Waals surface area contributed by atoms with E-state index in [1.54, 1.807) is 12.1 Å². The molecule has 1 saturated heterocycles. The fraction of sp³-hybridized carbons (Fsp3) is 0.571. The van der Waals surface area contributed by atoms with Crippen LogP contribution in [0.5, 0.6) is 0 Å². The summed E-state index contributed by atoms with van der Waals surface area (Å²) in [5.41, 5.74) is 1.15. The normalized spacial score (nSPS) is 19.7. The molecule has 1 atom stereocenters. The van der Waals surface area contributed by atoms with Gasteiger partial charge in [-0.15, -0.1) is 0 Å². The lowest BCUT2D eigenvalue weighted by Crippen LogP contribution is -2.30. The van der Waals surface area contributed by atoms with Gasteiger partial charge in [-0.25, -0.2) is 13.1 Å². The molecular weight excluding hydrogens is 260 g/mol. The number of hydrogen-bond acceptors (Lipinski definition) is 3. The summed E-state index contributed by atoms with van der Waals surface area (Å²) in [4.78, 5) is 0.351. The quantitative estimate of drug-likeness (QED) is 0.834. The highest BCUT2D eigenvalue weighted by molar-refractivity contribution is 7.89. The van der Waals surface area contributed by atoms with Crippen molar-refractivity contribution in [2.24, 2.45) is 0 Å². The smallest absolute Gasteiger partial charge is 0.240 e. The second-order valence-electron chi connectivity index (χ2n) is 4.98. The van der Waals surface area contributed by atoms with E-state index in [1.165, 1.54) is 6.42 Å². The van der Waals surface area contributed by atoms with E-state index in [0.29, 0.717) is 17.5 Å². The first-order chi connectivity index (χ1) is 9.12. The Labute approximate surface area is 115 Å². The van der Waals surface area contributed by atoms with Crippen molar-refractivity contribution >= 4 is 10.0 Å². The summed E-state index contributed by atoms with van der Waals surface area (Å²) in [6, 6.07) is 7.55. The molecule has 1 heterocycles. The Kier molecular flexibility index (Phi) is 4.96. The minimum atomic E-state index is -3.35. The van der Waals surface area contributed by atoms with Crippen molar-refractivity contribution in [3.63, 3.8) is 0 Å². The first kappa shape index (κ1) is 14.5. The van der Waals surface area contributed by atoms with E-state index in [1.807, 2.05) is 12.1 Å². The Bertz CT molecular complexity index is 491. The van der Waals surface area contributed by atoms with Gasteiger partial charge in [0.1, 0.15) is 0 Å². The minimum absolute atomic E-state index is 0.351. The monoisotopic (exact) mass is 282 g/mol. The molecule has 1 fully saturated rings. The zero-order valence-corrected chi connectivity index (χ0v) is 12.2. The maximum absolute atomic E-state index is 12.1. The van der Waals surface area contributed by atoms with Crippen LogP contribution in [0, 0.1) is 0 Å². The average molecular weight is 282 g/mol. The molecule has 19 heavy (non-hydrogen) atoms. The van der Waals surface area contributed by atoms with Gasteiger partial charge in [0.25, 0.3) is 0 Å². The molecule has 0 aliphatic carbocycles. The molecule has 2 N–H and O–H groups in total. The largest absolute Gasteiger partial charge is 0.314 e. The molecule has 1 aromatic carbocycles. The van der Waals surface area contributed by atoms with Gasteiger partial charge in [-0.1, -0.05) is 19.1 Å². The second kappa shape index (κ2) is 6.50. The average Bonchev–Trinajstić information content (AvgIpc) is 2.92. The van der Waals surface area contributed by atoms with Gasteiger partial charge in [0, 0.05) is 12.6 Å². The van der Waals surface area contributed by atoms with Crippen LogP contribution in [0.4, 0.5) is 0 Å². The molecule has 0 aromatic heterocycles. The van der Waals surface area contributed by atoms with Crippen LogP contribution in [-0.2, 0) is 16.4 Å². The molecule has 0 unspecified atom stereocenters. The Balaban J connectivity index is 1.89. The summed E-state index contributed by atoms with van der Waals surface area (Å²) in [7, 11) is -3.35. The second-order valence-corrected chi connectivity index (χ2v) is 6.74. The predicted molar refractivity (Wildman–Crippen MR) is 76.7 cm³/mol. The molecule has 2 rings (SSSR count). The number of benzene rings is 1. The molecule has 0 saturated carbocycles. The third-order valence-electron chi connectivity index (χ3n) is 3.59. The van der Waals surface area contributed by atoms with E-state index in [-0.39, 0.29) is 0 Å². The topological polar surface area (TPSA) is 58.2 Å². The van der Waals surface area contributed by atoms with Crippen LogP contribution < -0.4 is 10.0 Å². The van der Waals surface area contributed by atoms with Gasteiger partial charge < -0.3 is 5.32 Å². The van der Waals surface area contributed by atoms with Crippen molar-refractivity contribution in [1.82, 2.24) is 10.0 Å². The van der Waals surface area contributed by atoms with Crippen molar-refractivity contribution < 1.29 is 8.42 Å². The Morgan fingerprint density at radius 3 is 2.63 bits per heavy atom. The van der Waals surface area contributed by atoms with E-state index < -0.39 is 10.0 Å². The van der Waals surface area contributed by atoms with Crippen LogP contribution in [-0.4, -0.2) is 27.5 Å². The van der Waals surface area contributed by atoms with Crippen LogP contribution >= 0.6 is 0 Å². The van der Waals surface area contributed by atoms with Crippen LogP contribution in [0.25, 0.3) is 0 Å². The fourth-order valence-corrected chi connectivity index (χ4v) is 3.41. The van der Waals surface area contributed by atoms with Crippen LogP contribution in [0.1, 0.15) is 31.7 Å². The van der Waals surface area contributed by atoms with Crippen molar-refractivity contribution in [1.29, 1.82) is 0 Å². The van der Waals surface area contributed by atoms with E-state index in [9.17, 15) is 8.42 Å². The highest BCUT2D eigenvalue weighted by atomic mass is 32.2. The summed E-state index contributed by atoms with van der Waals surface area (Å²) in [5, 5.41) is 3.36. The zero-order chi connectivity index (χ0) is 13.7. The fourth-order valence-electron chi connectivity index (χ4n) is 2.36. The predicted octanol–water partition coefficient (Wildman–Crippen LogP) is 1.67. The maximum atomic E-state index is 12.1. The van der Waals surface area contributed by atoms with Crippen molar-refractivity contribution in [2.45, 2.75) is 43.5 Å². The summed E-state index contributed by atoms with van der Waals surface area (Å²) in [6.45, 7) is 3.60. The van der Waals surface area contributed by atoms with Gasteiger partial charge >= 0.3 is 0 Å². The number of nitrogens with one attached hydrogen (secondary N) is 2. The number of aryl methyl sites for hydroxylation is 1. The molecule has 1 aliphatic rings. The van der Waals surface area contributed by atoms with Gasteiger partial charge in [0.05, 0.1) is 4.90 Å². The molecular formula is C14H22N2O2S. The van der Waals surface area contributed by atoms with Crippen LogP contribution in [0.15, 0.2) is 29.2 Å². The summed E-state index contributed by atoms with van der Waals surface area (Å²) in [5.74, 6) is 0. The van der Waals surface area contributed by atoms with Crippen LogP contribution in [0.3, 0.4) is 0 Å². The third-order valence-corrected chi connectivity index (χ3v) is 5.07. The Morgan fingerprint density at radius 2 is 2.05 bits per heavy atom. The SMILES string of the molecule is CCc1ccc(S(=O)(=O)NCC[C@H]2CCCN2)cc1. The zero-order valence-electron chi connectivity index (χ0n) is 11.4. The minimum Gasteiger partial charge on any atom is -0.314 e. The van der Waals surface area contributed by atoms with E-state index in [0.717, 1.165) is 31.4 Å². The molecule has 1 aliphatic heterocycles. The maximum Gasteiger partial charge on any atom is 0.240 e. The first-order valence-electron chi connectivity index (χ1n) is 6.94.